The van der Waals surface area contributed by atoms with Gasteiger partial charge in [-0.05, 0) is 31.7 Å². The van der Waals surface area contributed by atoms with E-state index in [2.05, 4.69) is 10.6 Å². The van der Waals surface area contributed by atoms with Crippen LogP contribution in [0.2, 0.25) is 0 Å². The monoisotopic (exact) mass is 346 g/mol. The maximum absolute atomic E-state index is 12.3. The summed E-state index contributed by atoms with van der Waals surface area (Å²) in [6.07, 6.45) is 5.57. The third kappa shape index (κ3) is 6.18. The van der Waals surface area contributed by atoms with Gasteiger partial charge < -0.3 is 20.7 Å². The van der Waals surface area contributed by atoms with Crippen LogP contribution in [0.4, 0.5) is 0 Å². The molecule has 0 spiro atoms. The predicted molar refractivity (Wildman–Crippen MR) is 96.4 cm³/mol. The van der Waals surface area contributed by atoms with Crippen molar-refractivity contribution in [3.63, 3.8) is 0 Å². The second kappa shape index (κ2) is 9.58. The van der Waals surface area contributed by atoms with Crippen LogP contribution < -0.4 is 10.6 Å². The summed E-state index contributed by atoms with van der Waals surface area (Å²) < 4.78 is 0. The van der Waals surface area contributed by atoms with Gasteiger partial charge in [-0.2, -0.15) is 0 Å². The molecular weight excluding hydrogens is 319 g/mol. The van der Waals surface area contributed by atoms with Crippen molar-refractivity contribution in [2.45, 2.75) is 57.4 Å². The minimum Gasteiger partial charge on any atom is -0.426 e. The molecule has 1 aromatic rings. The van der Waals surface area contributed by atoms with Crippen molar-refractivity contribution in [3.8, 4) is 0 Å². The first-order chi connectivity index (χ1) is 12.0. The third-order valence-corrected chi connectivity index (χ3v) is 4.72. The minimum absolute atomic E-state index is 0.139. The van der Waals surface area contributed by atoms with Crippen LogP contribution in [0.5, 0.6) is 0 Å². The van der Waals surface area contributed by atoms with Crippen LogP contribution in [-0.2, 0) is 16.0 Å². The standard InChI is InChI=1S/C18H27BN2O4/c1-13(17(22)20-15-10-6-3-7-11-15)18(23)21-16(19(24)25)12-14-8-4-2-5-9-14/h2,4-5,8-9,13,15-16,24-25H,3,6-7,10-12H2,1H3,(H,20,22)(H,21,23). The van der Waals surface area contributed by atoms with Crippen molar-refractivity contribution in [1.29, 1.82) is 0 Å². The Balaban J connectivity index is 1.89. The minimum atomic E-state index is -1.70. The van der Waals surface area contributed by atoms with E-state index in [1.807, 2.05) is 30.3 Å². The number of hydrogen-bond acceptors (Lipinski definition) is 4. The molecule has 1 aliphatic rings. The molecular formula is C18H27BN2O4. The Hall–Kier alpha value is -1.86. The Morgan fingerprint density at radius 3 is 2.36 bits per heavy atom. The van der Waals surface area contributed by atoms with Crippen LogP contribution in [-0.4, -0.2) is 41.0 Å². The molecule has 0 heterocycles. The highest BCUT2D eigenvalue weighted by molar-refractivity contribution is 6.43. The molecule has 2 rings (SSSR count). The van der Waals surface area contributed by atoms with Gasteiger partial charge in [-0.1, -0.05) is 49.6 Å². The highest BCUT2D eigenvalue weighted by atomic mass is 16.4. The lowest BCUT2D eigenvalue weighted by molar-refractivity contribution is -0.135. The van der Waals surface area contributed by atoms with E-state index in [0.29, 0.717) is 0 Å². The van der Waals surface area contributed by atoms with Crippen molar-refractivity contribution in [2.75, 3.05) is 0 Å². The summed E-state index contributed by atoms with van der Waals surface area (Å²) in [5.41, 5.74) is 0.875. The van der Waals surface area contributed by atoms with Gasteiger partial charge in [0.05, 0.1) is 5.94 Å². The van der Waals surface area contributed by atoms with Crippen molar-refractivity contribution in [1.82, 2.24) is 10.6 Å². The molecule has 1 aliphatic carbocycles. The Morgan fingerprint density at radius 1 is 1.12 bits per heavy atom. The van der Waals surface area contributed by atoms with Gasteiger partial charge >= 0.3 is 7.12 Å². The Labute approximate surface area is 149 Å². The van der Waals surface area contributed by atoms with E-state index in [-0.39, 0.29) is 18.4 Å². The van der Waals surface area contributed by atoms with E-state index < -0.39 is 24.9 Å². The first kappa shape index (κ1) is 19.5. The van der Waals surface area contributed by atoms with Gasteiger partial charge in [0.1, 0.15) is 5.92 Å². The lowest BCUT2D eigenvalue weighted by atomic mass is 9.75. The van der Waals surface area contributed by atoms with Crippen molar-refractivity contribution < 1.29 is 19.6 Å². The molecule has 1 saturated carbocycles. The van der Waals surface area contributed by atoms with Gasteiger partial charge in [-0.3, -0.25) is 9.59 Å². The van der Waals surface area contributed by atoms with Crippen LogP contribution in [0.3, 0.4) is 0 Å². The second-order valence-corrected chi connectivity index (χ2v) is 6.78. The largest absolute Gasteiger partial charge is 0.475 e. The number of carbonyl (C=O) groups excluding carboxylic acids is 2. The maximum Gasteiger partial charge on any atom is 0.475 e. The molecule has 1 aromatic carbocycles. The molecule has 0 saturated heterocycles. The third-order valence-electron chi connectivity index (χ3n) is 4.72. The van der Waals surface area contributed by atoms with Crippen LogP contribution >= 0.6 is 0 Å². The molecule has 6 nitrogen and oxygen atoms in total. The Kier molecular flexibility index (Phi) is 7.46. The van der Waals surface area contributed by atoms with E-state index in [1.54, 1.807) is 0 Å². The zero-order chi connectivity index (χ0) is 18.2. The van der Waals surface area contributed by atoms with Gasteiger partial charge in [0.2, 0.25) is 11.8 Å². The average Bonchev–Trinajstić information content (AvgIpc) is 2.62. The molecule has 0 aromatic heterocycles. The molecule has 25 heavy (non-hydrogen) atoms. The van der Waals surface area contributed by atoms with Crippen LogP contribution in [0, 0.1) is 5.92 Å². The fourth-order valence-corrected chi connectivity index (χ4v) is 3.10. The molecule has 7 heteroatoms. The first-order valence-electron chi connectivity index (χ1n) is 8.98. The second-order valence-electron chi connectivity index (χ2n) is 6.78. The summed E-state index contributed by atoms with van der Waals surface area (Å²) in [6.45, 7) is 1.54. The summed E-state index contributed by atoms with van der Waals surface area (Å²) in [5.74, 6) is -2.54. The van der Waals surface area contributed by atoms with Crippen molar-refractivity contribution >= 4 is 18.9 Å². The molecule has 0 bridgehead atoms. The molecule has 2 amide bonds. The summed E-state index contributed by atoms with van der Waals surface area (Å²) in [7, 11) is -1.70. The fraction of sp³-hybridized carbons (Fsp3) is 0.556. The number of carbonyl (C=O) groups is 2. The van der Waals surface area contributed by atoms with Crippen molar-refractivity contribution in [3.05, 3.63) is 35.9 Å². The van der Waals surface area contributed by atoms with E-state index in [1.165, 1.54) is 13.3 Å². The number of benzene rings is 1. The van der Waals surface area contributed by atoms with Crippen molar-refractivity contribution in [2.24, 2.45) is 5.92 Å². The Morgan fingerprint density at radius 2 is 1.76 bits per heavy atom. The molecule has 2 unspecified atom stereocenters. The van der Waals surface area contributed by atoms with Gasteiger partial charge in [-0.25, -0.2) is 0 Å². The van der Waals surface area contributed by atoms with Crippen LogP contribution in [0.25, 0.3) is 0 Å². The highest BCUT2D eigenvalue weighted by Gasteiger charge is 2.30. The quantitative estimate of drug-likeness (QED) is 0.434. The highest BCUT2D eigenvalue weighted by Crippen LogP contribution is 2.17. The molecule has 0 aliphatic heterocycles. The summed E-state index contributed by atoms with van der Waals surface area (Å²) in [5, 5.41) is 24.6. The van der Waals surface area contributed by atoms with E-state index in [0.717, 1.165) is 31.2 Å². The fourth-order valence-electron chi connectivity index (χ4n) is 3.10. The van der Waals surface area contributed by atoms with Gasteiger partial charge in [0.15, 0.2) is 0 Å². The van der Waals surface area contributed by atoms with Crippen LogP contribution in [0.1, 0.15) is 44.6 Å². The maximum atomic E-state index is 12.3. The molecule has 1 fully saturated rings. The van der Waals surface area contributed by atoms with Gasteiger partial charge in [-0.15, -0.1) is 0 Å². The number of nitrogens with one attached hydrogen (secondary N) is 2. The zero-order valence-corrected chi connectivity index (χ0v) is 14.6. The topological polar surface area (TPSA) is 98.7 Å². The number of amides is 2. The number of hydrogen-bond donors (Lipinski definition) is 4. The van der Waals surface area contributed by atoms with Gasteiger partial charge in [0, 0.05) is 6.04 Å². The van der Waals surface area contributed by atoms with E-state index >= 15 is 0 Å². The lowest BCUT2D eigenvalue weighted by Crippen LogP contribution is -2.52. The van der Waals surface area contributed by atoms with Gasteiger partial charge in [0.25, 0.3) is 0 Å². The molecule has 4 N–H and O–H groups in total. The zero-order valence-electron chi connectivity index (χ0n) is 14.6. The van der Waals surface area contributed by atoms with E-state index in [4.69, 9.17) is 0 Å². The van der Waals surface area contributed by atoms with E-state index in [9.17, 15) is 19.6 Å². The predicted octanol–water partition coefficient (Wildman–Crippen LogP) is 0.811. The number of rotatable bonds is 7. The Bertz CT molecular complexity index is 561. The first-order valence-corrected chi connectivity index (χ1v) is 8.98. The average molecular weight is 346 g/mol. The molecule has 0 radical (unpaired) electrons. The summed E-state index contributed by atoms with van der Waals surface area (Å²) >= 11 is 0. The van der Waals surface area contributed by atoms with Crippen LogP contribution in [0.15, 0.2) is 30.3 Å². The lowest BCUT2D eigenvalue weighted by Gasteiger charge is -2.25. The molecule has 2 atom stereocenters. The SMILES string of the molecule is CC(C(=O)NC1CCCCC1)C(=O)NC(Cc1ccccc1)B(O)O. The smallest absolute Gasteiger partial charge is 0.426 e. The summed E-state index contributed by atoms with van der Waals surface area (Å²) in [4.78, 5) is 24.6. The normalized spacial score (nSPS) is 17.4. The summed E-state index contributed by atoms with van der Waals surface area (Å²) in [6, 6.07) is 9.39. The molecule has 136 valence electrons.